The van der Waals surface area contributed by atoms with Crippen LogP contribution in [0.5, 0.6) is 5.75 Å². The fourth-order valence-corrected chi connectivity index (χ4v) is 1.21. The van der Waals surface area contributed by atoms with Gasteiger partial charge in [0.1, 0.15) is 12.3 Å². The number of hydrogen-bond donors (Lipinski definition) is 0. The zero-order valence-corrected chi connectivity index (χ0v) is 9.76. The summed E-state index contributed by atoms with van der Waals surface area (Å²) in [7, 11) is 0. The molecule has 0 amide bonds. The summed E-state index contributed by atoms with van der Waals surface area (Å²) in [5, 5.41) is 0. The quantitative estimate of drug-likeness (QED) is 0.757. The van der Waals surface area contributed by atoms with Gasteiger partial charge in [-0.25, -0.2) is 8.78 Å². The van der Waals surface area contributed by atoms with Gasteiger partial charge < -0.3 is 4.74 Å². The lowest BCUT2D eigenvalue weighted by molar-refractivity contribution is 0.124. The van der Waals surface area contributed by atoms with Crippen molar-refractivity contribution in [3.8, 4) is 5.75 Å². The lowest BCUT2D eigenvalue weighted by atomic mass is 10.1. The molecule has 88 valence electrons. The molecule has 1 aromatic rings. The van der Waals surface area contributed by atoms with E-state index in [2.05, 4.69) is 0 Å². The van der Waals surface area contributed by atoms with Gasteiger partial charge in [-0.2, -0.15) is 0 Å². The van der Waals surface area contributed by atoms with Crippen molar-refractivity contribution >= 4 is 6.08 Å². The fourth-order valence-electron chi connectivity index (χ4n) is 1.21. The molecule has 1 aromatic carbocycles. The lowest BCUT2D eigenvalue weighted by Crippen LogP contribution is -2.23. The number of allylic oxidation sites excluding steroid dienone is 1. The van der Waals surface area contributed by atoms with Crippen molar-refractivity contribution in [2.75, 3.05) is 6.67 Å². The van der Waals surface area contributed by atoms with Gasteiger partial charge >= 0.3 is 0 Å². The van der Waals surface area contributed by atoms with Gasteiger partial charge in [0, 0.05) is 0 Å². The summed E-state index contributed by atoms with van der Waals surface area (Å²) in [4.78, 5) is 0. The van der Waals surface area contributed by atoms with Gasteiger partial charge in [0.05, 0.1) is 0 Å². The van der Waals surface area contributed by atoms with E-state index in [0.29, 0.717) is 5.56 Å². The van der Waals surface area contributed by atoms with Gasteiger partial charge in [-0.05, 0) is 38.5 Å². The van der Waals surface area contributed by atoms with Gasteiger partial charge in [-0.1, -0.05) is 18.2 Å². The van der Waals surface area contributed by atoms with E-state index in [-0.39, 0.29) is 5.75 Å². The van der Waals surface area contributed by atoms with E-state index in [9.17, 15) is 8.78 Å². The Labute approximate surface area is 94.7 Å². The molecule has 3 heteroatoms. The highest BCUT2D eigenvalue weighted by atomic mass is 19.1. The highest BCUT2D eigenvalue weighted by Gasteiger charge is 2.14. The van der Waals surface area contributed by atoms with Crippen LogP contribution in [0.1, 0.15) is 26.3 Å². The average Bonchev–Trinajstić information content (AvgIpc) is 2.17. The van der Waals surface area contributed by atoms with Crippen molar-refractivity contribution in [3.05, 3.63) is 35.7 Å². The van der Waals surface area contributed by atoms with Crippen LogP contribution in [-0.2, 0) is 0 Å². The molecule has 1 rings (SSSR count). The zero-order valence-electron chi connectivity index (χ0n) is 9.76. The van der Waals surface area contributed by atoms with E-state index < -0.39 is 18.1 Å². The summed E-state index contributed by atoms with van der Waals surface area (Å²) < 4.78 is 30.8. The van der Waals surface area contributed by atoms with Crippen LogP contribution >= 0.6 is 0 Å². The number of rotatable bonds is 3. The molecule has 0 aliphatic carbocycles. The summed E-state index contributed by atoms with van der Waals surface area (Å²) in [5.74, 6) is -0.221. The standard InChI is InChI=1S/C13H16F2O/c1-13(2,3)16-12-7-6-10(5-4-8-14)9-11(12)15/h4-7,9H,8H2,1-3H3. The number of hydrogen-bond acceptors (Lipinski definition) is 1. The second-order valence-electron chi connectivity index (χ2n) is 4.46. The molecule has 0 saturated heterocycles. The maximum Gasteiger partial charge on any atom is 0.165 e. The van der Waals surface area contributed by atoms with Crippen molar-refractivity contribution in [2.45, 2.75) is 26.4 Å². The molecule has 0 unspecified atom stereocenters. The van der Waals surface area contributed by atoms with E-state index in [1.165, 1.54) is 18.2 Å². The minimum Gasteiger partial charge on any atom is -0.485 e. The molecule has 0 radical (unpaired) electrons. The number of ether oxygens (including phenoxy) is 1. The second-order valence-corrected chi connectivity index (χ2v) is 4.46. The van der Waals surface area contributed by atoms with Crippen LogP contribution in [0, 0.1) is 5.82 Å². The van der Waals surface area contributed by atoms with Gasteiger partial charge in [0.2, 0.25) is 0 Å². The molecule has 0 aliphatic heterocycles. The Morgan fingerprint density at radius 1 is 1.31 bits per heavy atom. The van der Waals surface area contributed by atoms with E-state index in [1.807, 2.05) is 20.8 Å². The van der Waals surface area contributed by atoms with E-state index in [0.717, 1.165) is 0 Å². The Kier molecular flexibility index (Phi) is 4.05. The van der Waals surface area contributed by atoms with Gasteiger partial charge in [0.25, 0.3) is 0 Å². The minimum atomic E-state index is -0.554. The largest absolute Gasteiger partial charge is 0.485 e. The molecule has 0 aromatic heterocycles. The summed E-state index contributed by atoms with van der Waals surface area (Å²) in [5.41, 5.74) is 0.188. The third-order valence-corrected chi connectivity index (χ3v) is 1.77. The normalized spacial score (nSPS) is 12.1. The molecule has 0 aliphatic rings. The van der Waals surface area contributed by atoms with Crippen molar-refractivity contribution in [2.24, 2.45) is 0 Å². The number of halogens is 2. The third-order valence-electron chi connectivity index (χ3n) is 1.77. The first-order valence-electron chi connectivity index (χ1n) is 5.13. The highest BCUT2D eigenvalue weighted by molar-refractivity contribution is 5.51. The molecule has 0 saturated carbocycles. The predicted octanol–water partition coefficient (Wildman–Crippen LogP) is 3.99. The molecule has 0 heterocycles. The Morgan fingerprint density at radius 2 is 2.00 bits per heavy atom. The number of alkyl halides is 1. The number of benzene rings is 1. The zero-order chi connectivity index (χ0) is 12.2. The lowest BCUT2D eigenvalue weighted by Gasteiger charge is -2.21. The monoisotopic (exact) mass is 226 g/mol. The van der Waals surface area contributed by atoms with E-state index in [4.69, 9.17) is 4.74 Å². The predicted molar refractivity (Wildman–Crippen MR) is 61.8 cm³/mol. The minimum absolute atomic E-state index is 0.213. The molecular weight excluding hydrogens is 210 g/mol. The maximum absolute atomic E-state index is 13.6. The summed E-state index contributed by atoms with van der Waals surface area (Å²) in [6.07, 6.45) is 2.86. The first-order chi connectivity index (χ1) is 7.42. The van der Waals surface area contributed by atoms with E-state index >= 15 is 0 Å². The van der Waals surface area contributed by atoms with Crippen molar-refractivity contribution in [1.29, 1.82) is 0 Å². The topological polar surface area (TPSA) is 9.23 Å². The average molecular weight is 226 g/mol. The SMILES string of the molecule is CC(C)(C)Oc1ccc(C=CCF)cc1F. The van der Waals surface area contributed by atoms with Crippen LogP contribution in [0.2, 0.25) is 0 Å². The summed E-state index contributed by atoms with van der Waals surface area (Å²) in [6.45, 7) is 5.00. The molecule has 0 atom stereocenters. The van der Waals surface area contributed by atoms with Crippen LogP contribution in [0.25, 0.3) is 6.08 Å². The molecule has 0 spiro atoms. The molecular formula is C13H16F2O. The summed E-state index contributed by atoms with van der Waals surface area (Å²) >= 11 is 0. The Bertz CT molecular complexity index is 378. The molecule has 0 N–H and O–H groups in total. The smallest absolute Gasteiger partial charge is 0.165 e. The summed E-state index contributed by atoms with van der Waals surface area (Å²) in [6, 6.07) is 4.57. The second kappa shape index (κ2) is 5.10. The van der Waals surface area contributed by atoms with Crippen molar-refractivity contribution in [1.82, 2.24) is 0 Å². The van der Waals surface area contributed by atoms with Crippen LogP contribution in [-0.4, -0.2) is 12.3 Å². The van der Waals surface area contributed by atoms with Gasteiger partial charge in [0.15, 0.2) is 11.6 Å². The van der Waals surface area contributed by atoms with E-state index in [1.54, 1.807) is 12.1 Å². The highest BCUT2D eigenvalue weighted by Crippen LogP contribution is 2.23. The third kappa shape index (κ3) is 4.01. The Hall–Kier alpha value is -1.38. The van der Waals surface area contributed by atoms with Crippen LogP contribution in [0.4, 0.5) is 8.78 Å². The van der Waals surface area contributed by atoms with Crippen LogP contribution < -0.4 is 4.74 Å². The van der Waals surface area contributed by atoms with Crippen molar-refractivity contribution in [3.63, 3.8) is 0 Å². The molecule has 0 fully saturated rings. The Morgan fingerprint density at radius 3 is 2.50 bits per heavy atom. The van der Waals surface area contributed by atoms with Gasteiger partial charge in [-0.15, -0.1) is 0 Å². The van der Waals surface area contributed by atoms with Crippen LogP contribution in [0.15, 0.2) is 24.3 Å². The van der Waals surface area contributed by atoms with Gasteiger partial charge in [-0.3, -0.25) is 0 Å². The van der Waals surface area contributed by atoms with Crippen molar-refractivity contribution < 1.29 is 13.5 Å². The molecule has 1 nitrogen and oxygen atoms in total. The fraction of sp³-hybridized carbons (Fsp3) is 0.385. The first kappa shape index (κ1) is 12.7. The van der Waals surface area contributed by atoms with Crippen LogP contribution in [0.3, 0.4) is 0 Å². The molecule has 0 bridgehead atoms. The maximum atomic E-state index is 13.6. The molecule has 16 heavy (non-hydrogen) atoms. The Balaban J connectivity index is 2.87. The first-order valence-corrected chi connectivity index (χ1v) is 5.13.